The summed E-state index contributed by atoms with van der Waals surface area (Å²) in [5.74, 6) is -1.14. The summed E-state index contributed by atoms with van der Waals surface area (Å²) >= 11 is 0. The molecule has 1 heterocycles. The summed E-state index contributed by atoms with van der Waals surface area (Å²) in [5, 5.41) is 15.3. The Labute approximate surface area is 115 Å². The maximum absolute atomic E-state index is 11.6. The number of benzene rings is 1. The van der Waals surface area contributed by atoms with Crippen molar-refractivity contribution in [2.24, 2.45) is 0 Å². The molecule has 6 nitrogen and oxygen atoms in total. The Bertz CT molecular complexity index is 629. The summed E-state index contributed by atoms with van der Waals surface area (Å²) in [4.78, 5) is 11.3. The molecule has 2 aromatic rings. The smallest absolute Gasteiger partial charge is 0.330 e. The number of ether oxygens (including phenoxy) is 1. The molecular weight excluding hydrogens is 260 g/mol. The van der Waals surface area contributed by atoms with Crippen LogP contribution < -0.4 is 9.79 Å². The SMILES string of the molecule is CCOC(=O)/C=C/c1c([O-])on[n+]1-c1ccc(C)cc1. The Morgan fingerprint density at radius 1 is 1.45 bits per heavy atom. The third-order valence-electron chi connectivity index (χ3n) is 2.59. The van der Waals surface area contributed by atoms with Crippen molar-refractivity contribution in [2.45, 2.75) is 13.8 Å². The van der Waals surface area contributed by atoms with Gasteiger partial charge in [-0.25, -0.2) is 4.79 Å². The highest BCUT2D eigenvalue weighted by Gasteiger charge is 2.17. The van der Waals surface area contributed by atoms with Crippen LogP contribution in [0.15, 0.2) is 34.9 Å². The van der Waals surface area contributed by atoms with Crippen molar-refractivity contribution < 1.29 is 23.8 Å². The molecule has 0 fully saturated rings. The van der Waals surface area contributed by atoms with Crippen LogP contribution in [0.5, 0.6) is 5.95 Å². The van der Waals surface area contributed by atoms with E-state index in [2.05, 4.69) is 9.79 Å². The van der Waals surface area contributed by atoms with Crippen LogP contribution in [0.2, 0.25) is 0 Å². The highest BCUT2D eigenvalue weighted by Crippen LogP contribution is 2.12. The monoisotopic (exact) mass is 274 g/mol. The number of aryl methyl sites for hydroxylation is 1. The fourth-order valence-electron chi connectivity index (χ4n) is 1.60. The van der Waals surface area contributed by atoms with Gasteiger partial charge in [-0.05, 0) is 18.5 Å². The maximum Gasteiger partial charge on any atom is 0.330 e. The van der Waals surface area contributed by atoms with Gasteiger partial charge in [-0.1, -0.05) is 17.7 Å². The third kappa shape index (κ3) is 3.03. The topological polar surface area (TPSA) is 79.3 Å². The van der Waals surface area contributed by atoms with Crippen molar-refractivity contribution in [3.63, 3.8) is 0 Å². The van der Waals surface area contributed by atoms with Crippen molar-refractivity contribution in [2.75, 3.05) is 6.61 Å². The molecule has 0 saturated carbocycles. The van der Waals surface area contributed by atoms with E-state index >= 15 is 0 Å². The van der Waals surface area contributed by atoms with E-state index in [4.69, 9.17) is 4.74 Å². The quantitative estimate of drug-likeness (QED) is 0.470. The lowest BCUT2D eigenvalue weighted by Crippen LogP contribution is -2.35. The summed E-state index contributed by atoms with van der Waals surface area (Å²) in [7, 11) is 0. The van der Waals surface area contributed by atoms with Gasteiger partial charge in [0.15, 0.2) is 5.95 Å². The first-order valence-electron chi connectivity index (χ1n) is 6.12. The molecule has 0 aliphatic carbocycles. The van der Waals surface area contributed by atoms with Crippen LogP contribution in [0, 0.1) is 6.92 Å². The first-order valence-corrected chi connectivity index (χ1v) is 6.12. The number of hydrogen-bond donors (Lipinski definition) is 0. The molecule has 0 saturated heterocycles. The zero-order valence-corrected chi connectivity index (χ0v) is 11.2. The van der Waals surface area contributed by atoms with Crippen molar-refractivity contribution in [1.29, 1.82) is 0 Å². The summed E-state index contributed by atoms with van der Waals surface area (Å²) in [6, 6.07) is 7.39. The zero-order valence-electron chi connectivity index (χ0n) is 11.2. The van der Waals surface area contributed by atoms with E-state index in [0.717, 1.165) is 5.56 Å². The van der Waals surface area contributed by atoms with E-state index < -0.39 is 11.9 Å². The van der Waals surface area contributed by atoms with E-state index in [0.29, 0.717) is 5.69 Å². The fraction of sp³-hybridized carbons (Fsp3) is 0.214. The molecule has 6 heteroatoms. The van der Waals surface area contributed by atoms with Crippen LogP contribution in [0.4, 0.5) is 0 Å². The number of hydrogen-bond acceptors (Lipinski definition) is 5. The van der Waals surface area contributed by atoms with Gasteiger partial charge < -0.3 is 14.4 Å². The standard InChI is InChI=1S/C14H14N2O4/c1-3-19-13(17)9-8-12-14(18)20-15-16(12)11-6-4-10(2)5-7-11/h4-9H,3H2,1-2H3. The summed E-state index contributed by atoms with van der Waals surface area (Å²) in [5.41, 5.74) is 1.91. The largest absolute Gasteiger partial charge is 0.539 e. The fourth-order valence-corrected chi connectivity index (χ4v) is 1.60. The minimum atomic E-state index is -0.619. The minimum Gasteiger partial charge on any atom is -0.539 e. The van der Waals surface area contributed by atoms with Gasteiger partial charge in [0, 0.05) is 24.3 Å². The Morgan fingerprint density at radius 2 is 2.15 bits per heavy atom. The molecule has 0 amide bonds. The molecule has 2 rings (SSSR count). The van der Waals surface area contributed by atoms with Crippen LogP contribution >= 0.6 is 0 Å². The number of carbonyl (C=O) groups excluding carboxylic acids is 1. The average molecular weight is 274 g/mol. The summed E-state index contributed by atoms with van der Waals surface area (Å²) < 4.78 is 10.7. The minimum absolute atomic E-state index is 0.155. The number of esters is 1. The van der Waals surface area contributed by atoms with E-state index in [9.17, 15) is 9.90 Å². The van der Waals surface area contributed by atoms with E-state index in [1.807, 2.05) is 19.1 Å². The molecule has 1 aromatic carbocycles. The van der Waals surface area contributed by atoms with Crippen molar-refractivity contribution in [3.8, 4) is 11.6 Å². The lowest BCUT2D eigenvalue weighted by atomic mass is 10.2. The second-order valence-corrected chi connectivity index (χ2v) is 4.08. The van der Waals surface area contributed by atoms with Crippen LogP contribution in [0.3, 0.4) is 0 Å². The molecule has 104 valence electrons. The van der Waals surface area contributed by atoms with Gasteiger partial charge in [0.05, 0.1) is 11.9 Å². The molecule has 1 aromatic heterocycles. The molecule has 0 aliphatic heterocycles. The summed E-state index contributed by atoms with van der Waals surface area (Å²) in [6.07, 6.45) is 2.50. The molecular formula is C14H14N2O4. The second kappa shape index (κ2) is 6.01. The Hall–Kier alpha value is -2.63. The summed E-state index contributed by atoms with van der Waals surface area (Å²) in [6.45, 7) is 3.93. The number of rotatable bonds is 4. The van der Waals surface area contributed by atoms with Gasteiger partial charge in [0.2, 0.25) is 5.69 Å². The van der Waals surface area contributed by atoms with Crippen LogP contribution in [0.1, 0.15) is 18.2 Å². The Balaban J connectivity index is 2.32. The molecule has 0 aliphatic rings. The third-order valence-corrected chi connectivity index (χ3v) is 2.59. The normalized spacial score (nSPS) is 10.9. The molecule has 0 unspecified atom stereocenters. The molecule has 0 N–H and O–H groups in total. The number of aromatic nitrogens is 2. The van der Waals surface area contributed by atoms with Crippen molar-refractivity contribution >= 4 is 12.0 Å². The maximum atomic E-state index is 11.6. The number of carbonyl (C=O) groups is 1. The first kappa shape index (κ1) is 13.8. The first-order chi connectivity index (χ1) is 9.61. The predicted octanol–water partition coefficient (Wildman–Crippen LogP) is 0.910. The van der Waals surface area contributed by atoms with Gasteiger partial charge in [-0.15, -0.1) is 0 Å². The van der Waals surface area contributed by atoms with Gasteiger partial charge >= 0.3 is 5.97 Å². The molecule has 0 bridgehead atoms. The van der Waals surface area contributed by atoms with E-state index in [1.165, 1.54) is 16.8 Å². The second-order valence-electron chi connectivity index (χ2n) is 4.08. The van der Waals surface area contributed by atoms with Crippen LogP contribution in [0.25, 0.3) is 11.8 Å². The van der Waals surface area contributed by atoms with E-state index in [-0.39, 0.29) is 12.3 Å². The highest BCUT2D eigenvalue weighted by atomic mass is 16.6. The molecule has 0 atom stereocenters. The van der Waals surface area contributed by atoms with Crippen molar-refractivity contribution in [1.82, 2.24) is 5.27 Å². The molecule has 20 heavy (non-hydrogen) atoms. The number of nitrogens with zero attached hydrogens (tertiary/aromatic N) is 2. The van der Waals surface area contributed by atoms with Gasteiger partial charge in [0.25, 0.3) is 5.69 Å². The Morgan fingerprint density at radius 3 is 2.80 bits per heavy atom. The average Bonchev–Trinajstić information content (AvgIpc) is 2.79. The van der Waals surface area contributed by atoms with Gasteiger partial charge in [0.1, 0.15) is 0 Å². The van der Waals surface area contributed by atoms with Crippen molar-refractivity contribution in [3.05, 3.63) is 41.6 Å². The lowest BCUT2D eigenvalue weighted by Gasteiger charge is -1.95. The van der Waals surface area contributed by atoms with Crippen LogP contribution in [-0.2, 0) is 9.53 Å². The molecule has 0 radical (unpaired) electrons. The van der Waals surface area contributed by atoms with Crippen LogP contribution in [-0.4, -0.2) is 17.8 Å². The highest BCUT2D eigenvalue weighted by molar-refractivity contribution is 5.86. The predicted molar refractivity (Wildman–Crippen MR) is 67.9 cm³/mol. The Kier molecular flexibility index (Phi) is 4.14. The molecule has 0 spiro atoms. The van der Waals surface area contributed by atoms with Gasteiger partial charge in [-0.3, -0.25) is 0 Å². The lowest BCUT2D eigenvalue weighted by molar-refractivity contribution is -0.672. The van der Waals surface area contributed by atoms with Gasteiger partial charge in [-0.2, -0.15) is 0 Å². The zero-order chi connectivity index (χ0) is 14.5. The van der Waals surface area contributed by atoms with E-state index in [1.54, 1.807) is 19.1 Å².